The maximum absolute atomic E-state index is 12.4. The van der Waals surface area contributed by atoms with Crippen molar-refractivity contribution in [3.8, 4) is 5.75 Å². The number of nitrogens with one attached hydrogen (secondary N) is 2. The van der Waals surface area contributed by atoms with Crippen molar-refractivity contribution in [2.45, 2.75) is 43.1 Å². The van der Waals surface area contributed by atoms with Crippen LogP contribution in [0.1, 0.15) is 25.8 Å². The van der Waals surface area contributed by atoms with E-state index >= 15 is 0 Å². The highest BCUT2D eigenvalue weighted by Crippen LogP contribution is 2.38. The number of amides is 2. The first kappa shape index (κ1) is 19.6. The number of ether oxygens (including phenoxy) is 1. The molecule has 2 N–H and O–H groups in total. The van der Waals surface area contributed by atoms with Crippen LogP contribution in [0.4, 0.5) is 5.69 Å². The van der Waals surface area contributed by atoms with Gasteiger partial charge in [-0.05, 0) is 38.1 Å². The molecular weight excluding hydrogens is 384 g/mol. The van der Waals surface area contributed by atoms with E-state index in [0.717, 1.165) is 16.2 Å². The number of hydrogen-bond acceptors (Lipinski definition) is 4. The number of carbonyl (C=O) groups is 2. The number of fused-ring (bicyclic) bond motifs is 1. The Labute approximate surface area is 167 Å². The zero-order valence-electron chi connectivity index (χ0n) is 15.1. The van der Waals surface area contributed by atoms with E-state index in [1.54, 1.807) is 12.1 Å². The normalized spacial score (nSPS) is 15.9. The summed E-state index contributed by atoms with van der Waals surface area (Å²) in [4.78, 5) is 25.6. The van der Waals surface area contributed by atoms with Gasteiger partial charge in [0.15, 0.2) is 0 Å². The minimum Gasteiger partial charge on any atom is -0.491 e. The molecule has 3 rings (SSSR count). The molecule has 1 aliphatic heterocycles. The molecule has 1 heterocycles. The van der Waals surface area contributed by atoms with Gasteiger partial charge in [0.2, 0.25) is 11.8 Å². The van der Waals surface area contributed by atoms with Crippen LogP contribution >= 0.6 is 23.4 Å². The summed E-state index contributed by atoms with van der Waals surface area (Å²) >= 11 is 7.33. The summed E-state index contributed by atoms with van der Waals surface area (Å²) in [5.74, 6) is 0.385. The number of halogens is 1. The van der Waals surface area contributed by atoms with Crippen LogP contribution in [-0.2, 0) is 16.1 Å². The average Bonchev–Trinajstić information content (AvgIpc) is 2.61. The molecule has 0 bridgehead atoms. The lowest BCUT2D eigenvalue weighted by molar-refractivity contribution is -0.124. The molecular formula is C20H21ClN2O3S. The van der Waals surface area contributed by atoms with Gasteiger partial charge >= 0.3 is 0 Å². The SMILES string of the molecule is CC(C)Oc1ccccc1CNC(=O)CC1Sc2ccc(Cl)cc2NC1=O. The van der Waals surface area contributed by atoms with Crippen LogP contribution in [0.5, 0.6) is 5.75 Å². The van der Waals surface area contributed by atoms with Gasteiger partial charge in [0.1, 0.15) is 5.75 Å². The van der Waals surface area contributed by atoms with Gasteiger partial charge in [-0.3, -0.25) is 9.59 Å². The third-order valence-electron chi connectivity index (χ3n) is 3.94. The van der Waals surface area contributed by atoms with Gasteiger partial charge in [0.25, 0.3) is 0 Å². The summed E-state index contributed by atoms with van der Waals surface area (Å²) in [6, 6.07) is 12.9. The molecule has 1 unspecified atom stereocenters. The zero-order valence-corrected chi connectivity index (χ0v) is 16.7. The summed E-state index contributed by atoms with van der Waals surface area (Å²) in [6.07, 6.45) is 0.156. The number of benzene rings is 2. The Morgan fingerprint density at radius 2 is 2.07 bits per heavy atom. The van der Waals surface area contributed by atoms with Crippen molar-refractivity contribution in [1.29, 1.82) is 0 Å². The van der Waals surface area contributed by atoms with Gasteiger partial charge in [0.05, 0.1) is 17.0 Å². The molecule has 0 aromatic heterocycles. The Morgan fingerprint density at radius 3 is 2.85 bits per heavy atom. The number of thioether (sulfide) groups is 1. The smallest absolute Gasteiger partial charge is 0.238 e. The average molecular weight is 405 g/mol. The van der Waals surface area contributed by atoms with Gasteiger partial charge < -0.3 is 15.4 Å². The third-order valence-corrected chi connectivity index (χ3v) is 5.45. The predicted octanol–water partition coefficient (Wildman–Crippen LogP) is 4.25. The third kappa shape index (κ3) is 5.17. The fourth-order valence-electron chi connectivity index (χ4n) is 2.71. The Balaban J connectivity index is 1.59. The minimum atomic E-state index is -0.471. The Morgan fingerprint density at radius 1 is 1.30 bits per heavy atom. The summed E-state index contributed by atoms with van der Waals surface area (Å²) in [6.45, 7) is 4.27. The molecule has 27 heavy (non-hydrogen) atoms. The highest BCUT2D eigenvalue weighted by atomic mass is 35.5. The summed E-state index contributed by atoms with van der Waals surface area (Å²) in [7, 11) is 0. The molecule has 0 spiro atoms. The molecule has 142 valence electrons. The lowest BCUT2D eigenvalue weighted by Gasteiger charge is -2.24. The Kier molecular flexibility index (Phi) is 6.29. The fourth-order valence-corrected chi connectivity index (χ4v) is 3.97. The molecule has 0 saturated heterocycles. The van der Waals surface area contributed by atoms with Crippen molar-refractivity contribution in [3.63, 3.8) is 0 Å². The molecule has 7 heteroatoms. The summed E-state index contributed by atoms with van der Waals surface area (Å²) in [5, 5.41) is 5.79. The number of hydrogen-bond donors (Lipinski definition) is 2. The van der Waals surface area contributed by atoms with Crippen molar-refractivity contribution < 1.29 is 14.3 Å². The van der Waals surface area contributed by atoms with Crippen molar-refractivity contribution in [2.75, 3.05) is 5.32 Å². The standard InChI is InChI=1S/C20H21ClN2O3S/c1-12(2)26-16-6-4-3-5-13(16)11-22-19(24)10-18-20(25)23-15-9-14(21)7-8-17(15)27-18/h3-9,12,18H,10-11H2,1-2H3,(H,22,24)(H,23,25). The maximum Gasteiger partial charge on any atom is 0.238 e. The largest absolute Gasteiger partial charge is 0.491 e. The zero-order chi connectivity index (χ0) is 19.4. The first-order chi connectivity index (χ1) is 12.9. The van der Waals surface area contributed by atoms with Crippen LogP contribution in [0.3, 0.4) is 0 Å². The second-order valence-corrected chi connectivity index (χ2v) is 8.17. The number of carbonyl (C=O) groups excluding carboxylic acids is 2. The lowest BCUT2D eigenvalue weighted by atomic mass is 10.2. The van der Waals surface area contributed by atoms with Crippen LogP contribution in [-0.4, -0.2) is 23.2 Å². The number of anilines is 1. The fraction of sp³-hybridized carbons (Fsp3) is 0.300. The minimum absolute atomic E-state index is 0.0535. The Bertz CT molecular complexity index is 857. The molecule has 0 radical (unpaired) electrons. The molecule has 1 aliphatic rings. The van der Waals surface area contributed by atoms with E-state index in [4.69, 9.17) is 16.3 Å². The summed E-state index contributed by atoms with van der Waals surface area (Å²) < 4.78 is 5.76. The first-order valence-corrected chi connectivity index (χ1v) is 9.96. The van der Waals surface area contributed by atoms with Crippen LogP contribution in [0, 0.1) is 0 Å². The van der Waals surface area contributed by atoms with Crippen LogP contribution < -0.4 is 15.4 Å². The van der Waals surface area contributed by atoms with Gasteiger partial charge in [-0.1, -0.05) is 29.8 Å². The molecule has 2 amide bonds. The van der Waals surface area contributed by atoms with E-state index < -0.39 is 5.25 Å². The highest BCUT2D eigenvalue weighted by molar-refractivity contribution is 8.01. The molecule has 5 nitrogen and oxygen atoms in total. The topological polar surface area (TPSA) is 67.4 Å². The van der Waals surface area contributed by atoms with Crippen molar-refractivity contribution in [3.05, 3.63) is 53.1 Å². The second kappa shape index (κ2) is 8.67. The van der Waals surface area contributed by atoms with E-state index in [0.29, 0.717) is 17.3 Å². The van der Waals surface area contributed by atoms with Gasteiger partial charge in [-0.2, -0.15) is 0 Å². The number of para-hydroxylation sites is 1. The van der Waals surface area contributed by atoms with Gasteiger partial charge in [0, 0.05) is 28.4 Å². The van der Waals surface area contributed by atoms with Gasteiger partial charge in [-0.25, -0.2) is 0 Å². The molecule has 0 fully saturated rings. The summed E-state index contributed by atoms with van der Waals surface area (Å²) in [5.41, 5.74) is 1.59. The highest BCUT2D eigenvalue weighted by Gasteiger charge is 2.29. The van der Waals surface area contributed by atoms with Crippen molar-refractivity contribution in [1.82, 2.24) is 5.32 Å². The van der Waals surface area contributed by atoms with E-state index in [9.17, 15) is 9.59 Å². The van der Waals surface area contributed by atoms with E-state index in [1.165, 1.54) is 11.8 Å². The van der Waals surface area contributed by atoms with Gasteiger partial charge in [-0.15, -0.1) is 11.8 Å². The number of rotatable bonds is 6. The van der Waals surface area contributed by atoms with Crippen molar-refractivity contribution in [2.24, 2.45) is 0 Å². The van der Waals surface area contributed by atoms with Crippen molar-refractivity contribution >= 4 is 40.9 Å². The Hall–Kier alpha value is -2.18. The molecule has 2 aromatic rings. The molecule has 0 saturated carbocycles. The maximum atomic E-state index is 12.4. The van der Waals surface area contributed by atoms with Crippen LogP contribution in [0.2, 0.25) is 5.02 Å². The quantitative estimate of drug-likeness (QED) is 0.755. The predicted molar refractivity (Wildman–Crippen MR) is 108 cm³/mol. The van der Waals surface area contributed by atoms with Crippen LogP contribution in [0.25, 0.3) is 0 Å². The van der Waals surface area contributed by atoms with E-state index in [-0.39, 0.29) is 24.3 Å². The first-order valence-electron chi connectivity index (χ1n) is 8.70. The van der Waals surface area contributed by atoms with E-state index in [1.807, 2.05) is 44.2 Å². The monoisotopic (exact) mass is 404 g/mol. The molecule has 2 aromatic carbocycles. The van der Waals surface area contributed by atoms with E-state index in [2.05, 4.69) is 10.6 Å². The second-order valence-electron chi connectivity index (χ2n) is 6.49. The lowest BCUT2D eigenvalue weighted by Crippen LogP contribution is -2.34. The molecule has 0 aliphatic carbocycles. The molecule has 1 atom stereocenters. The van der Waals surface area contributed by atoms with Crippen LogP contribution in [0.15, 0.2) is 47.4 Å².